The number of benzene rings is 1. The minimum Gasteiger partial charge on any atom is -0.391 e. The van der Waals surface area contributed by atoms with Gasteiger partial charge in [-0.1, -0.05) is 12.1 Å². The Hall–Kier alpha value is -4.56. The number of methoxy groups -OCH3 is 1. The maximum atomic E-state index is 13.0. The number of alkyl halides is 3. The van der Waals surface area contributed by atoms with E-state index >= 15 is 0 Å². The second-order valence-corrected chi connectivity index (χ2v) is 9.94. The number of hydrogen-bond acceptors (Lipinski definition) is 8. The molecule has 42 heavy (non-hydrogen) atoms. The summed E-state index contributed by atoms with van der Waals surface area (Å²) in [7, 11) is 1.52. The highest BCUT2D eigenvalue weighted by Gasteiger charge is 2.33. The number of likely N-dealkylation sites (tertiary alicyclic amines) is 1. The average Bonchev–Trinajstić information content (AvgIpc) is 3.36. The number of aliphatic hydroxyl groups excluding tert-OH is 1. The quantitative estimate of drug-likeness (QED) is 0.300. The molecular formula is C28H28F3N7O4. The first-order chi connectivity index (χ1) is 20.0. The van der Waals surface area contributed by atoms with Crippen molar-refractivity contribution >= 4 is 29.0 Å². The molecule has 14 heteroatoms. The van der Waals surface area contributed by atoms with Crippen LogP contribution in [0.5, 0.6) is 0 Å². The molecule has 11 nitrogen and oxygen atoms in total. The van der Waals surface area contributed by atoms with Crippen LogP contribution in [0.15, 0.2) is 55.0 Å². The summed E-state index contributed by atoms with van der Waals surface area (Å²) < 4.78 is 45.9. The molecule has 0 unspecified atom stereocenters. The van der Waals surface area contributed by atoms with Crippen LogP contribution < -0.4 is 11.1 Å². The van der Waals surface area contributed by atoms with E-state index < -0.39 is 23.8 Å². The van der Waals surface area contributed by atoms with Crippen molar-refractivity contribution in [2.75, 3.05) is 37.9 Å². The van der Waals surface area contributed by atoms with Gasteiger partial charge in [-0.3, -0.25) is 14.0 Å². The number of hydrogen-bond donors (Lipinski definition) is 3. The highest BCUT2D eigenvalue weighted by atomic mass is 19.4. The Balaban J connectivity index is 1.42. The zero-order chi connectivity index (χ0) is 30.0. The Morgan fingerprint density at radius 1 is 1.14 bits per heavy atom. The van der Waals surface area contributed by atoms with Crippen molar-refractivity contribution in [1.82, 2.24) is 24.3 Å². The molecule has 1 saturated heterocycles. The molecule has 0 bridgehead atoms. The number of nitrogen functional groups attached to an aromatic ring is 1. The van der Waals surface area contributed by atoms with Gasteiger partial charge in [0.1, 0.15) is 28.7 Å². The number of halogens is 3. The van der Waals surface area contributed by atoms with E-state index in [1.165, 1.54) is 25.4 Å². The molecule has 1 aromatic carbocycles. The largest absolute Gasteiger partial charge is 0.416 e. The number of rotatable bonds is 7. The smallest absolute Gasteiger partial charge is 0.391 e. The molecule has 4 aromatic rings. The first-order valence-corrected chi connectivity index (χ1v) is 13.1. The summed E-state index contributed by atoms with van der Waals surface area (Å²) in [6.45, 7) is 0.848. The van der Waals surface area contributed by atoms with E-state index in [0.29, 0.717) is 35.6 Å². The fourth-order valence-corrected chi connectivity index (χ4v) is 5.03. The number of nitrogens with two attached hydrogens (primary N) is 1. The monoisotopic (exact) mass is 583 g/mol. The summed E-state index contributed by atoms with van der Waals surface area (Å²) in [5, 5.41) is 13.0. The lowest BCUT2D eigenvalue weighted by Gasteiger charge is -2.35. The number of nitrogens with one attached hydrogen (secondary N) is 1. The van der Waals surface area contributed by atoms with Crippen LogP contribution in [0.1, 0.15) is 40.5 Å². The fraction of sp³-hybridized carbons (Fsp3) is 0.321. The first kappa shape index (κ1) is 29.0. The minimum absolute atomic E-state index is 0.128. The Bertz CT molecular complexity index is 1610. The molecule has 4 heterocycles. The van der Waals surface area contributed by atoms with Crippen molar-refractivity contribution in [1.29, 1.82) is 0 Å². The Kier molecular flexibility index (Phi) is 8.09. The van der Waals surface area contributed by atoms with Gasteiger partial charge in [-0.2, -0.15) is 13.2 Å². The number of piperidine rings is 1. The zero-order valence-electron chi connectivity index (χ0n) is 22.5. The maximum Gasteiger partial charge on any atom is 0.416 e. The van der Waals surface area contributed by atoms with Crippen molar-refractivity contribution in [3.8, 4) is 11.3 Å². The lowest BCUT2D eigenvalue weighted by molar-refractivity contribution is -0.137. The summed E-state index contributed by atoms with van der Waals surface area (Å²) >= 11 is 0. The van der Waals surface area contributed by atoms with E-state index in [1.807, 2.05) is 0 Å². The third kappa shape index (κ3) is 6.04. The normalized spacial score (nSPS) is 17.4. The molecule has 0 radical (unpaired) electrons. The van der Waals surface area contributed by atoms with Crippen molar-refractivity contribution in [2.24, 2.45) is 0 Å². The third-order valence-corrected chi connectivity index (χ3v) is 7.03. The first-order valence-electron chi connectivity index (χ1n) is 13.1. The SMILES string of the molecule is COCCC(=O)N1C[C@H](O)C[C@H](c2nc(-c3ccc(C(=O)Nc4cc(C(F)(F)F)ccn4)cc3)c3c(N)nccn23)C1. The summed E-state index contributed by atoms with van der Waals surface area (Å²) in [4.78, 5) is 39.9. The van der Waals surface area contributed by atoms with E-state index in [0.717, 1.165) is 18.3 Å². The molecule has 1 aliphatic heterocycles. The number of ether oxygens (including phenoxy) is 1. The Morgan fingerprint density at radius 3 is 2.62 bits per heavy atom. The number of anilines is 2. The van der Waals surface area contributed by atoms with Crippen LogP contribution in [0.2, 0.25) is 0 Å². The molecule has 0 spiro atoms. The molecule has 3 aromatic heterocycles. The number of aliphatic hydroxyl groups is 1. The second kappa shape index (κ2) is 11.7. The third-order valence-electron chi connectivity index (χ3n) is 7.03. The molecule has 5 rings (SSSR count). The zero-order valence-corrected chi connectivity index (χ0v) is 22.5. The molecule has 0 saturated carbocycles. The number of β-amino-alcohol motifs (C(OH)–C–C–N with tert-alkyl or cyclic N) is 1. The average molecular weight is 584 g/mol. The van der Waals surface area contributed by atoms with Gasteiger partial charge in [0, 0.05) is 55.8 Å². The van der Waals surface area contributed by atoms with Gasteiger partial charge in [0.15, 0.2) is 0 Å². The van der Waals surface area contributed by atoms with Gasteiger partial charge < -0.3 is 25.8 Å². The van der Waals surface area contributed by atoms with Crippen molar-refractivity contribution in [3.05, 3.63) is 71.9 Å². The van der Waals surface area contributed by atoms with Crippen LogP contribution in [0, 0.1) is 0 Å². The summed E-state index contributed by atoms with van der Waals surface area (Å²) in [6.07, 6.45) is -0.509. The molecule has 1 fully saturated rings. The highest BCUT2D eigenvalue weighted by Crippen LogP contribution is 2.34. The molecule has 220 valence electrons. The van der Waals surface area contributed by atoms with Crippen LogP contribution in [0.3, 0.4) is 0 Å². The summed E-state index contributed by atoms with van der Waals surface area (Å²) in [6, 6.07) is 7.88. The topological polar surface area (TPSA) is 148 Å². The second-order valence-electron chi connectivity index (χ2n) is 9.94. The number of fused-ring (bicyclic) bond motifs is 1. The maximum absolute atomic E-state index is 13.0. The van der Waals surface area contributed by atoms with Crippen molar-refractivity contribution in [3.63, 3.8) is 0 Å². The number of pyridine rings is 1. The number of carbonyl (C=O) groups is 2. The van der Waals surface area contributed by atoms with E-state index in [4.69, 9.17) is 15.5 Å². The molecular weight excluding hydrogens is 555 g/mol. The predicted molar refractivity (Wildman–Crippen MR) is 146 cm³/mol. The van der Waals surface area contributed by atoms with Crippen LogP contribution in [0.4, 0.5) is 24.8 Å². The van der Waals surface area contributed by atoms with Gasteiger partial charge in [-0.25, -0.2) is 15.0 Å². The number of imidazole rings is 1. The van der Waals surface area contributed by atoms with Gasteiger partial charge >= 0.3 is 6.18 Å². The molecule has 1 aliphatic rings. The summed E-state index contributed by atoms with van der Waals surface area (Å²) in [5.41, 5.74) is 7.13. The van der Waals surface area contributed by atoms with E-state index in [-0.39, 0.29) is 48.6 Å². The van der Waals surface area contributed by atoms with Gasteiger partial charge in [-0.15, -0.1) is 0 Å². The van der Waals surface area contributed by atoms with Gasteiger partial charge in [0.2, 0.25) is 5.91 Å². The number of amides is 2. The predicted octanol–water partition coefficient (Wildman–Crippen LogP) is 3.36. The molecule has 2 amide bonds. The van der Waals surface area contributed by atoms with E-state index in [2.05, 4.69) is 15.3 Å². The Labute approximate surface area is 238 Å². The molecule has 2 atom stereocenters. The number of carbonyl (C=O) groups excluding carboxylic acids is 2. The van der Waals surface area contributed by atoms with Gasteiger partial charge in [0.25, 0.3) is 5.91 Å². The van der Waals surface area contributed by atoms with Crippen molar-refractivity contribution in [2.45, 2.75) is 31.0 Å². The highest BCUT2D eigenvalue weighted by molar-refractivity contribution is 6.04. The van der Waals surface area contributed by atoms with Gasteiger partial charge in [-0.05, 0) is 30.7 Å². The number of nitrogens with zero attached hydrogens (tertiary/aromatic N) is 5. The standard InChI is InChI=1S/C28H28F3N7O4/c1-42-11-7-22(40)37-14-18(12-20(39)15-37)26-36-23(24-25(32)34-9-10-38(24)26)16-2-4-17(5-3-16)27(41)35-21-13-19(6-8-33-21)28(29,30)31/h2-6,8-10,13,18,20,39H,7,11-12,14-15H2,1H3,(H2,32,34)(H,33,35,41)/t18-,20+/m0/s1. The lowest BCUT2D eigenvalue weighted by Crippen LogP contribution is -2.46. The fourth-order valence-electron chi connectivity index (χ4n) is 5.03. The van der Waals surface area contributed by atoms with Crippen LogP contribution in [0.25, 0.3) is 16.8 Å². The van der Waals surface area contributed by atoms with Gasteiger partial charge in [0.05, 0.1) is 24.7 Å². The molecule has 0 aliphatic carbocycles. The van der Waals surface area contributed by atoms with Crippen LogP contribution in [-0.4, -0.2) is 74.1 Å². The van der Waals surface area contributed by atoms with E-state index in [9.17, 15) is 27.9 Å². The van der Waals surface area contributed by atoms with Crippen molar-refractivity contribution < 1.29 is 32.6 Å². The minimum atomic E-state index is -4.57. The van der Waals surface area contributed by atoms with E-state index in [1.54, 1.807) is 27.6 Å². The lowest BCUT2D eigenvalue weighted by atomic mass is 9.95. The number of aromatic nitrogens is 4. The van der Waals surface area contributed by atoms with Crippen LogP contribution in [-0.2, 0) is 15.7 Å². The summed E-state index contributed by atoms with van der Waals surface area (Å²) in [5.74, 6) is -0.487. The Morgan fingerprint density at radius 2 is 1.90 bits per heavy atom. The molecule has 4 N–H and O–H groups in total. The van der Waals surface area contributed by atoms with Crippen LogP contribution >= 0.6 is 0 Å².